The van der Waals surface area contributed by atoms with Crippen molar-refractivity contribution in [2.45, 2.75) is 31.6 Å². The van der Waals surface area contributed by atoms with Gasteiger partial charge < -0.3 is 9.47 Å². The molecule has 140 valence electrons. The first-order valence-corrected chi connectivity index (χ1v) is 9.47. The summed E-state index contributed by atoms with van der Waals surface area (Å²) in [6, 6.07) is 11.2. The van der Waals surface area contributed by atoms with Gasteiger partial charge in [0.05, 0.1) is 24.1 Å². The van der Waals surface area contributed by atoms with Gasteiger partial charge in [0, 0.05) is 37.6 Å². The molecule has 2 aliphatic heterocycles. The fourth-order valence-corrected chi connectivity index (χ4v) is 3.83. The van der Waals surface area contributed by atoms with Crippen molar-refractivity contribution in [1.82, 2.24) is 14.5 Å². The molecule has 6 nitrogen and oxygen atoms in total. The van der Waals surface area contributed by atoms with E-state index in [0.717, 1.165) is 11.4 Å². The first-order valence-electron chi connectivity index (χ1n) is 9.47. The molecule has 0 atom stereocenters. The van der Waals surface area contributed by atoms with E-state index in [-0.39, 0.29) is 5.56 Å². The molecule has 28 heavy (non-hydrogen) atoms. The highest BCUT2D eigenvalue weighted by Gasteiger charge is 2.38. The lowest BCUT2D eigenvalue weighted by molar-refractivity contribution is -0.165. The van der Waals surface area contributed by atoms with Crippen LogP contribution < -0.4 is 5.56 Å². The molecular weight excluding hydrogens is 354 g/mol. The van der Waals surface area contributed by atoms with Gasteiger partial charge in [0.15, 0.2) is 5.79 Å². The maximum atomic E-state index is 13.0. The van der Waals surface area contributed by atoms with Crippen molar-refractivity contribution in [2.75, 3.05) is 13.2 Å². The lowest BCUT2D eigenvalue weighted by Crippen LogP contribution is -2.31. The van der Waals surface area contributed by atoms with Gasteiger partial charge in [-0.05, 0) is 36.3 Å². The fourth-order valence-electron chi connectivity index (χ4n) is 3.83. The van der Waals surface area contributed by atoms with Crippen molar-refractivity contribution < 1.29 is 9.47 Å². The van der Waals surface area contributed by atoms with Crippen LogP contribution in [-0.4, -0.2) is 33.5 Å². The zero-order chi connectivity index (χ0) is 19.0. The Morgan fingerprint density at radius 1 is 1.07 bits per heavy atom. The van der Waals surface area contributed by atoms with Gasteiger partial charge in [-0.15, -0.1) is 0 Å². The number of ether oxygens (including phenoxy) is 2. The van der Waals surface area contributed by atoms with Crippen LogP contribution in [0.5, 0.6) is 0 Å². The van der Waals surface area contributed by atoms with Crippen LogP contribution in [0.15, 0.2) is 47.4 Å². The molecule has 1 saturated heterocycles. The van der Waals surface area contributed by atoms with E-state index >= 15 is 0 Å². The van der Waals surface area contributed by atoms with Gasteiger partial charge in [-0.25, -0.2) is 9.97 Å². The maximum Gasteiger partial charge on any atom is 0.261 e. The lowest BCUT2D eigenvalue weighted by atomic mass is 10.1. The minimum atomic E-state index is -0.564. The third-order valence-electron chi connectivity index (χ3n) is 5.29. The largest absolute Gasteiger partial charge is 0.347 e. The standard InChI is InChI=1S/C22H19N3O3/c26-21-18-7-5-16(4-6-17-3-1-2-11-23-17)15-19(18)24-20-8-9-22(10-12-25(20)21)27-13-14-28-22/h1-3,5,7,11,15H,8-10,12-14H2. The van der Waals surface area contributed by atoms with Gasteiger partial charge in [-0.2, -0.15) is 0 Å². The molecule has 0 aliphatic carbocycles. The average Bonchev–Trinajstić information content (AvgIpc) is 3.11. The van der Waals surface area contributed by atoms with E-state index in [9.17, 15) is 4.79 Å². The summed E-state index contributed by atoms with van der Waals surface area (Å²) in [5.74, 6) is 6.36. The van der Waals surface area contributed by atoms with Crippen LogP contribution in [0.3, 0.4) is 0 Å². The number of benzene rings is 1. The van der Waals surface area contributed by atoms with Gasteiger partial charge >= 0.3 is 0 Å². The molecule has 0 saturated carbocycles. The van der Waals surface area contributed by atoms with Gasteiger partial charge in [0.1, 0.15) is 11.5 Å². The third kappa shape index (κ3) is 3.09. The Hall–Kier alpha value is -3.01. The molecular formula is C22H19N3O3. The molecule has 4 heterocycles. The Bertz CT molecular complexity index is 1150. The second-order valence-corrected chi connectivity index (χ2v) is 7.04. The van der Waals surface area contributed by atoms with Crippen molar-refractivity contribution in [2.24, 2.45) is 0 Å². The van der Waals surface area contributed by atoms with Crippen molar-refractivity contribution >= 4 is 10.9 Å². The number of aryl methyl sites for hydroxylation is 1. The second-order valence-electron chi connectivity index (χ2n) is 7.04. The van der Waals surface area contributed by atoms with E-state index in [4.69, 9.17) is 14.5 Å². The van der Waals surface area contributed by atoms with Crippen LogP contribution in [0.2, 0.25) is 0 Å². The Labute approximate surface area is 162 Å². The molecule has 0 radical (unpaired) electrons. The summed E-state index contributed by atoms with van der Waals surface area (Å²) in [6.07, 6.45) is 3.74. The second kappa shape index (κ2) is 6.86. The molecule has 6 heteroatoms. The smallest absolute Gasteiger partial charge is 0.261 e. The molecule has 0 bridgehead atoms. The van der Waals surface area contributed by atoms with E-state index in [1.54, 1.807) is 10.8 Å². The number of nitrogens with zero attached hydrogens (tertiary/aromatic N) is 3. The van der Waals surface area contributed by atoms with E-state index in [1.165, 1.54) is 0 Å². The number of pyridine rings is 1. The number of fused-ring (bicyclic) bond motifs is 2. The number of aromatic nitrogens is 3. The molecule has 1 spiro atoms. The highest BCUT2D eigenvalue weighted by atomic mass is 16.7. The van der Waals surface area contributed by atoms with E-state index in [1.807, 2.05) is 36.4 Å². The Kier molecular flexibility index (Phi) is 4.19. The zero-order valence-corrected chi connectivity index (χ0v) is 15.4. The summed E-state index contributed by atoms with van der Waals surface area (Å²) in [7, 11) is 0. The van der Waals surface area contributed by atoms with Crippen LogP contribution in [0.25, 0.3) is 10.9 Å². The van der Waals surface area contributed by atoms with Crippen molar-refractivity contribution in [3.63, 3.8) is 0 Å². The average molecular weight is 373 g/mol. The number of hydrogen-bond donors (Lipinski definition) is 0. The predicted octanol–water partition coefficient (Wildman–Crippen LogP) is 2.27. The lowest BCUT2D eigenvalue weighted by Gasteiger charge is -2.24. The molecule has 2 aliphatic rings. The Morgan fingerprint density at radius 3 is 2.79 bits per heavy atom. The summed E-state index contributed by atoms with van der Waals surface area (Å²) in [4.78, 5) is 22.0. The summed E-state index contributed by atoms with van der Waals surface area (Å²) in [5.41, 5.74) is 2.18. The quantitative estimate of drug-likeness (QED) is 0.566. The highest BCUT2D eigenvalue weighted by molar-refractivity contribution is 5.79. The topological polar surface area (TPSA) is 66.2 Å². The zero-order valence-electron chi connectivity index (χ0n) is 15.4. The molecule has 3 aromatic rings. The Balaban J connectivity index is 1.52. The molecule has 2 aromatic heterocycles. The van der Waals surface area contributed by atoms with Crippen molar-refractivity contribution in [3.05, 3.63) is 70.0 Å². The first-order chi connectivity index (χ1) is 13.7. The van der Waals surface area contributed by atoms with Crippen molar-refractivity contribution in [1.29, 1.82) is 0 Å². The summed E-state index contributed by atoms with van der Waals surface area (Å²) in [5, 5.41) is 0.608. The van der Waals surface area contributed by atoms with Gasteiger partial charge in [0.25, 0.3) is 5.56 Å². The molecule has 0 amide bonds. The van der Waals surface area contributed by atoms with Gasteiger partial charge in [-0.3, -0.25) is 9.36 Å². The van der Waals surface area contributed by atoms with E-state index in [2.05, 4.69) is 16.8 Å². The SMILES string of the molecule is O=c1c2ccc(C#Cc3ccccn3)cc2nc2n1CCC1(CC2)OCCO1. The maximum absolute atomic E-state index is 13.0. The van der Waals surface area contributed by atoms with Crippen LogP contribution in [0, 0.1) is 11.8 Å². The number of hydrogen-bond acceptors (Lipinski definition) is 5. The fraction of sp³-hybridized carbons (Fsp3) is 0.318. The molecule has 5 rings (SSSR count). The van der Waals surface area contributed by atoms with Crippen LogP contribution in [0.4, 0.5) is 0 Å². The number of rotatable bonds is 0. The first kappa shape index (κ1) is 17.1. The monoisotopic (exact) mass is 373 g/mol. The molecule has 0 unspecified atom stereocenters. The van der Waals surface area contributed by atoms with Crippen LogP contribution in [0.1, 0.15) is 29.9 Å². The summed E-state index contributed by atoms with van der Waals surface area (Å²) < 4.78 is 13.4. The van der Waals surface area contributed by atoms with Crippen LogP contribution >= 0.6 is 0 Å². The van der Waals surface area contributed by atoms with Crippen molar-refractivity contribution in [3.8, 4) is 11.8 Å². The van der Waals surface area contributed by atoms with Gasteiger partial charge in [0.2, 0.25) is 0 Å². The molecule has 1 aromatic carbocycles. The third-order valence-corrected chi connectivity index (χ3v) is 5.29. The predicted molar refractivity (Wildman–Crippen MR) is 104 cm³/mol. The minimum absolute atomic E-state index is 0.0146. The van der Waals surface area contributed by atoms with Crippen LogP contribution in [-0.2, 0) is 22.4 Å². The Morgan fingerprint density at radius 2 is 1.96 bits per heavy atom. The highest BCUT2D eigenvalue weighted by Crippen LogP contribution is 2.31. The summed E-state index contributed by atoms with van der Waals surface area (Å²) in [6.45, 7) is 1.77. The van der Waals surface area contributed by atoms with E-state index < -0.39 is 5.79 Å². The normalized spacial score (nSPS) is 17.7. The molecule has 1 fully saturated rings. The minimum Gasteiger partial charge on any atom is -0.347 e. The summed E-state index contributed by atoms with van der Waals surface area (Å²) >= 11 is 0. The van der Waals surface area contributed by atoms with E-state index in [0.29, 0.717) is 55.6 Å². The van der Waals surface area contributed by atoms with Gasteiger partial charge in [-0.1, -0.05) is 12.0 Å². The molecule has 0 N–H and O–H groups in total.